The molecule has 1 aliphatic rings. The third-order valence-electron chi connectivity index (χ3n) is 3.65. The van der Waals surface area contributed by atoms with Crippen LogP contribution in [0.25, 0.3) is 0 Å². The fourth-order valence-corrected chi connectivity index (χ4v) is 3.36. The van der Waals surface area contributed by atoms with Gasteiger partial charge in [-0.05, 0) is 39.4 Å². The fourth-order valence-electron chi connectivity index (χ4n) is 2.56. The molecule has 0 radical (unpaired) electrons. The average Bonchev–Trinajstić information content (AvgIpc) is 2.76. The number of carboxylic acids is 1. The highest BCUT2D eigenvalue weighted by atomic mass is 32.2. The van der Waals surface area contributed by atoms with Gasteiger partial charge in [0.25, 0.3) is 0 Å². The summed E-state index contributed by atoms with van der Waals surface area (Å²) in [5.74, 6) is -0.873. The molecular formula is C13H24N2O3S. The summed E-state index contributed by atoms with van der Waals surface area (Å²) in [4.78, 5) is 24.5. The number of thioether (sulfide) groups is 1. The van der Waals surface area contributed by atoms with E-state index in [0.717, 1.165) is 19.3 Å². The van der Waals surface area contributed by atoms with Crippen molar-refractivity contribution in [3.8, 4) is 0 Å². The van der Waals surface area contributed by atoms with Crippen LogP contribution in [-0.2, 0) is 4.79 Å². The van der Waals surface area contributed by atoms with Crippen molar-refractivity contribution in [2.45, 2.75) is 56.9 Å². The molecule has 2 N–H and O–H groups in total. The summed E-state index contributed by atoms with van der Waals surface area (Å²) in [6.45, 7) is 4.17. The number of hydrogen-bond donors (Lipinski definition) is 2. The van der Waals surface area contributed by atoms with Crippen molar-refractivity contribution in [2.24, 2.45) is 0 Å². The van der Waals surface area contributed by atoms with Gasteiger partial charge in [-0.25, -0.2) is 4.79 Å². The molecule has 3 unspecified atom stereocenters. The van der Waals surface area contributed by atoms with Crippen LogP contribution in [0.3, 0.4) is 0 Å². The number of carbonyl (C=O) groups is 2. The molecule has 2 amide bonds. The Hall–Kier alpha value is -0.910. The van der Waals surface area contributed by atoms with Crippen LogP contribution in [-0.4, -0.2) is 52.1 Å². The summed E-state index contributed by atoms with van der Waals surface area (Å²) in [7, 11) is 0. The second-order valence-corrected chi connectivity index (χ2v) is 6.19. The molecule has 0 aromatic heterocycles. The van der Waals surface area contributed by atoms with Crippen molar-refractivity contribution in [2.75, 3.05) is 12.8 Å². The predicted octanol–water partition coefficient (Wildman–Crippen LogP) is 2.17. The van der Waals surface area contributed by atoms with Gasteiger partial charge in [-0.15, -0.1) is 0 Å². The largest absolute Gasteiger partial charge is 0.481 e. The van der Waals surface area contributed by atoms with E-state index in [1.54, 1.807) is 11.8 Å². The molecular weight excluding hydrogens is 264 g/mol. The zero-order chi connectivity index (χ0) is 14.4. The number of rotatable bonds is 6. The number of amides is 2. The van der Waals surface area contributed by atoms with E-state index in [0.29, 0.717) is 11.8 Å². The molecule has 19 heavy (non-hydrogen) atoms. The van der Waals surface area contributed by atoms with E-state index < -0.39 is 5.97 Å². The minimum atomic E-state index is -0.873. The summed E-state index contributed by atoms with van der Waals surface area (Å²) in [6.07, 6.45) is 5.25. The minimum absolute atomic E-state index is 0.0145. The van der Waals surface area contributed by atoms with Crippen molar-refractivity contribution < 1.29 is 14.7 Å². The molecule has 0 bridgehead atoms. The molecule has 1 rings (SSSR count). The third-order valence-corrected chi connectivity index (χ3v) is 4.74. The van der Waals surface area contributed by atoms with Gasteiger partial charge in [0.05, 0.1) is 6.42 Å². The third kappa shape index (κ3) is 4.93. The van der Waals surface area contributed by atoms with Gasteiger partial charge in [-0.2, -0.15) is 11.8 Å². The Kier molecular flexibility index (Phi) is 6.48. The number of aliphatic carboxylic acids is 1. The number of urea groups is 1. The first kappa shape index (κ1) is 16.1. The Bertz CT molecular complexity index is 325. The van der Waals surface area contributed by atoms with Crippen molar-refractivity contribution in [1.82, 2.24) is 10.2 Å². The van der Waals surface area contributed by atoms with Gasteiger partial charge in [0.15, 0.2) is 0 Å². The number of nitrogens with zero attached hydrogens (tertiary/aromatic N) is 1. The molecule has 0 aliphatic heterocycles. The zero-order valence-electron chi connectivity index (χ0n) is 11.9. The first-order valence-corrected chi connectivity index (χ1v) is 8.08. The van der Waals surface area contributed by atoms with Crippen LogP contribution in [0.2, 0.25) is 0 Å². The minimum Gasteiger partial charge on any atom is -0.481 e. The van der Waals surface area contributed by atoms with Gasteiger partial charge in [0.1, 0.15) is 0 Å². The van der Waals surface area contributed by atoms with E-state index in [-0.39, 0.29) is 24.5 Å². The number of carbonyl (C=O) groups excluding carboxylic acids is 1. The lowest BCUT2D eigenvalue weighted by Crippen LogP contribution is -2.48. The van der Waals surface area contributed by atoms with Crippen LogP contribution in [0.15, 0.2) is 0 Å². The molecule has 110 valence electrons. The van der Waals surface area contributed by atoms with E-state index in [4.69, 9.17) is 5.11 Å². The molecule has 1 fully saturated rings. The van der Waals surface area contributed by atoms with E-state index in [9.17, 15) is 9.59 Å². The Labute approximate surface area is 119 Å². The SMILES string of the molecule is CCN(C(=O)NC1CCC(SC)C1)C(C)CC(=O)O. The number of carboxylic acid groups (broad SMARTS) is 1. The lowest BCUT2D eigenvalue weighted by Gasteiger charge is -2.28. The standard InChI is InChI=1S/C13H24N2O3S/c1-4-15(9(2)7-12(16)17)13(18)14-10-5-6-11(8-10)19-3/h9-11H,4-8H2,1-3H3,(H,14,18)(H,16,17). The summed E-state index contributed by atoms with van der Waals surface area (Å²) in [5.41, 5.74) is 0. The smallest absolute Gasteiger partial charge is 0.317 e. The Morgan fingerprint density at radius 3 is 2.63 bits per heavy atom. The number of hydrogen-bond acceptors (Lipinski definition) is 3. The summed E-state index contributed by atoms with van der Waals surface area (Å²) in [5, 5.41) is 12.5. The molecule has 0 saturated heterocycles. The molecule has 6 heteroatoms. The number of nitrogens with one attached hydrogen (secondary N) is 1. The van der Waals surface area contributed by atoms with Crippen molar-refractivity contribution in [3.05, 3.63) is 0 Å². The molecule has 5 nitrogen and oxygen atoms in total. The summed E-state index contributed by atoms with van der Waals surface area (Å²) >= 11 is 1.85. The summed E-state index contributed by atoms with van der Waals surface area (Å²) in [6, 6.07) is -0.181. The van der Waals surface area contributed by atoms with Crippen LogP contribution in [0.5, 0.6) is 0 Å². The van der Waals surface area contributed by atoms with Gasteiger partial charge < -0.3 is 15.3 Å². The molecule has 0 aromatic carbocycles. The highest BCUT2D eigenvalue weighted by Gasteiger charge is 2.28. The lowest BCUT2D eigenvalue weighted by molar-refractivity contribution is -0.138. The van der Waals surface area contributed by atoms with Crippen LogP contribution >= 0.6 is 11.8 Å². The second-order valence-electron chi connectivity index (χ2n) is 5.05. The van der Waals surface area contributed by atoms with E-state index in [2.05, 4.69) is 11.6 Å². The highest BCUT2D eigenvalue weighted by Crippen LogP contribution is 2.28. The second kappa shape index (κ2) is 7.62. The first-order chi connectivity index (χ1) is 8.97. The molecule has 0 aromatic rings. The van der Waals surface area contributed by atoms with Gasteiger partial charge in [-0.1, -0.05) is 0 Å². The van der Waals surface area contributed by atoms with Crippen LogP contribution in [0, 0.1) is 0 Å². The lowest BCUT2D eigenvalue weighted by atomic mass is 10.2. The van der Waals surface area contributed by atoms with Gasteiger partial charge >= 0.3 is 12.0 Å². The van der Waals surface area contributed by atoms with Crippen molar-refractivity contribution in [1.29, 1.82) is 0 Å². The van der Waals surface area contributed by atoms with Crippen molar-refractivity contribution >= 4 is 23.8 Å². The molecule has 3 atom stereocenters. The van der Waals surface area contributed by atoms with Crippen LogP contribution < -0.4 is 5.32 Å². The van der Waals surface area contributed by atoms with Gasteiger partial charge in [0, 0.05) is 23.9 Å². The Balaban J connectivity index is 2.48. The van der Waals surface area contributed by atoms with Gasteiger partial charge in [0.2, 0.25) is 0 Å². The average molecular weight is 288 g/mol. The molecule has 1 saturated carbocycles. The van der Waals surface area contributed by atoms with E-state index in [1.807, 2.05) is 18.7 Å². The first-order valence-electron chi connectivity index (χ1n) is 6.79. The zero-order valence-corrected chi connectivity index (χ0v) is 12.7. The topological polar surface area (TPSA) is 69.6 Å². The highest BCUT2D eigenvalue weighted by molar-refractivity contribution is 7.99. The Morgan fingerprint density at radius 1 is 1.47 bits per heavy atom. The fraction of sp³-hybridized carbons (Fsp3) is 0.846. The predicted molar refractivity (Wildman–Crippen MR) is 77.6 cm³/mol. The van der Waals surface area contributed by atoms with E-state index in [1.165, 1.54) is 0 Å². The van der Waals surface area contributed by atoms with Crippen LogP contribution in [0.1, 0.15) is 39.5 Å². The van der Waals surface area contributed by atoms with Gasteiger partial charge in [-0.3, -0.25) is 4.79 Å². The van der Waals surface area contributed by atoms with Crippen LogP contribution in [0.4, 0.5) is 4.79 Å². The monoisotopic (exact) mass is 288 g/mol. The van der Waals surface area contributed by atoms with E-state index >= 15 is 0 Å². The maximum atomic E-state index is 12.2. The summed E-state index contributed by atoms with van der Waals surface area (Å²) < 4.78 is 0. The molecule has 1 aliphatic carbocycles. The molecule has 0 heterocycles. The molecule has 0 spiro atoms. The maximum Gasteiger partial charge on any atom is 0.317 e. The quantitative estimate of drug-likeness (QED) is 0.786. The Morgan fingerprint density at radius 2 is 2.16 bits per heavy atom. The van der Waals surface area contributed by atoms with Crippen molar-refractivity contribution in [3.63, 3.8) is 0 Å². The maximum absolute atomic E-state index is 12.2. The normalized spacial score (nSPS) is 23.9.